The van der Waals surface area contributed by atoms with Crippen LogP contribution in [0.15, 0.2) is 35.7 Å². The molecule has 0 atom stereocenters. The molecule has 0 bridgehead atoms. The maximum Gasteiger partial charge on any atom is 0.187 e. The summed E-state index contributed by atoms with van der Waals surface area (Å²) < 4.78 is 0. The molecule has 2 aromatic rings. The van der Waals surface area contributed by atoms with E-state index in [2.05, 4.69) is 0 Å². The molecule has 0 amide bonds. The van der Waals surface area contributed by atoms with Gasteiger partial charge in [0.15, 0.2) is 5.78 Å². The van der Waals surface area contributed by atoms with Crippen LogP contribution in [0, 0.1) is 0 Å². The fraction of sp³-hybridized carbons (Fsp3) is 0. The maximum absolute atomic E-state index is 12.0. The number of carbonyl (C=O) groups excluding carboxylic acids is 1. The Hall–Kier alpha value is -0.800. The number of halogens is 3. The molecule has 1 heterocycles. The summed E-state index contributed by atoms with van der Waals surface area (Å²) in [5, 5.41) is 2.66. The SMILES string of the molecule is O=C(/C=C/c1cccs1)c1ccc(Cl)c(Cl)c1Cl. The van der Waals surface area contributed by atoms with Crippen LogP contribution in [0.5, 0.6) is 0 Å². The summed E-state index contributed by atoms with van der Waals surface area (Å²) in [6.45, 7) is 0. The fourth-order valence-corrected chi connectivity index (χ4v) is 2.60. The van der Waals surface area contributed by atoms with Gasteiger partial charge in [-0.05, 0) is 35.7 Å². The molecule has 0 spiro atoms. The van der Waals surface area contributed by atoms with Gasteiger partial charge in [-0.15, -0.1) is 11.3 Å². The zero-order valence-corrected chi connectivity index (χ0v) is 12.1. The van der Waals surface area contributed by atoms with Crippen molar-refractivity contribution >= 4 is 58.0 Å². The predicted molar refractivity (Wildman–Crippen MR) is 79.2 cm³/mol. The van der Waals surface area contributed by atoms with Crippen LogP contribution in [0.2, 0.25) is 15.1 Å². The van der Waals surface area contributed by atoms with Crippen molar-refractivity contribution in [2.24, 2.45) is 0 Å². The summed E-state index contributed by atoms with van der Waals surface area (Å²) in [5.41, 5.74) is 0.346. The Bertz CT molecular complexity index is 603. The molecule has 5 heteroatoms. The van der Waals surface area contributed by atoms with Crippen LogP contribution in [0.25, 0.3) is 6.08 Å². The minimum atomic E-state index is -0.202. The highest BCUT2D eigenvalue weighted by Crippen LogP contribution is 2.33. The van der Waals surface area contributed by atoms with Crippen molar-refractivity contribution in [1.29, 1.82) is 0 Å². The van der Waals surface area contributed by atoms with E-state index in [1.807, 2.05) is 17.5 Å². The van der Waals surface area contributed by atoms with Crippen LogP contribution in [0.3, 0.4) is 0 Å². The van der Waals surface area contributed by atoms with Crippen molar-refractivity contribution in [1.82, 2.24) is 0 Å². The molecule has 92 valence electrons. The average molecular weight is 318 g/mol. The molecule has 0 aliphatic carbocycles. The topological polar surface area (TPSA) is 17.1 Å². The van der Waals surface area contributed by atoms with E-state index in [0.717, 1.165) is 4.88 Å². The molecule has 1 aromatic carbocycles. The summed E-state index contributed by atoms with van der Waals surface area (Å²) in [6.07, 6.45) is 3.21. The highest BCUT2D eigenvalue weighted by Gasteiger charge is 2.12. The summed E-state index contributed by atoms with van der Waals surface area (Å²) in [4.78, 5) is 13.0. The summed E-state index contributed by atoms with van der Waals surface area (Å²) >= 11 is 19.2. The van der Waals surface area contributed by atoms with Crippen molar-refractivity contribution in [2.75, 3.05) is 0 Å². The Morgan fingerprint density at radius 2 is 1.89 bits per heavy atom. The molecule has 18 heavy (non-hydrogen) atoms. The molecule has 1 aromatic heterocycles. The lowest BCUT2D eigenvalue weighted by atomic mass is 10.1. The lowest BCUT2D eigenvalue weighted by Crippen LogP contribution is -1.95. The molecule has 0 fully saturated rings. The van der Waals surface area contributed by atoms with Gasteiger partial charge in [-0.3, -0.25) is 4.79 Å². The number of thiophene rings is 1. The Kier molecular flexibility index (Phi) is 4.46. The van der Waals surface area contributed by atoms with Gasteiger partial charge in [-0.25, -0.2) is 0 Å². The van der Waals surface area contributed by atoms with Gasteiger partial charge >= 0.3 is 0 Å². The lowest BCUT2D eigenvalue weighted by molar-refractivity contribution is 0.104. The molecule has 0 saturated carbocycles. The van der Waals surface area contributed by atoms with Crippen LogP contribution >= 0.6 is 46.1 Å². The second kappa shape index (κ2) is 5.89. The van der Waals surface area contributed by atoms with Crippen LogP contribution in [0.1, 0.15) is 15.2 Å². The maximum atomic E-state index is 12.0. The van der Waals surface area contributed by atoms with Crippen LogP contribution in [0.4, 0.5) is 0 Å². The van der Waals surface area contributed by atoms with E-state index >= 15 is 0 Å². The van der Waals surface area contributed by atoms with Crippen LogP contribution in [-0.4, -0.2) is 5.78 Å². The number of hydrogen-bond donors (Lipinski definition) is 0. The molecular weight excluding hydrogens is 311 g/mol. The molecule has 0 unspecified atom stereocenters. The number of rotatable bonds is 3. The third-order valence-electron chi connectivity index (χ3n) is 2.24. The van der Waals surface area contributed by atoms with E-state index in [1.54, 1.807) is 29.5 Å². The van der Waals surface area contributed by atoms with E-state index in [0.29, 0.717) is 10.6 Å². The highest BCUT2D eigenvalue weighted by atomic mass is 35.5. The molecule has 0 aliphatic heterocycles. The van der Waals surface area contributed by atoms with E-state index in [4.69, 9.17) is 34.8 Å². The van der Waals surface area contributed by atoms with Gasteiger partial charge in [0.25, 0.3) is 0 Å². The largest absolute Gasteiger partial charge is 0.289 e. The summed E-state index contributed by atoms with van der Waals surface area (Å²) in [6, 6.07) is 6.96. The fourth-order valence-electron chi connectivity index (χ4n) is 1.35. The second-order valence-corrected chi connectivity index (χ2v) is 5.58. The molecule has 1 nitrogen and oxygen atoms in total. The van der Waals surface area contributed by atoms with E-state index < -0.39 is 0 Å². The number of benzene rings is 1. The summed E-state index contributed by atoms with van der Waals surface area (Å²) in [5.74, 6) is -0.202. The zero-order chi connectivity index (χ0) is 13.1. The van der Waals surface area contributed by atoms with Gasteiger partial charge in [-0.2, -0.15) is 0 Å². The first-order valence-electron chi connectivity index (χ1n) is 4.99. The molecule has 0 aliphatic rings. The van der Waals surface area contributed by atoms with Crippen molar-refractivity contribution in [2.45, 2.75) is 0 Å². The number of ketones is 1. The first-order chi connectivity index (χ1) is 8.59. The van der Waals surface area contributed by atoms with Gasteiger partial charge in [-0.1, -0.05) is 40.9 Å². The smallest absolute Gasteiger partial charge is 0.187 e. The Morgan fingerprint density at radius 1 is 1.11 bits per heavy atom. The van der Waals surface area contributed by atoms with Gasteiger partial charge in [0, 0.05) is 10.4 Å². The number of allylic oxidation sites excluding steroid dienone is 1. The van der Waals surface area contributed by atoms with E-state index in [1.165, 1.54) is 6.08 Å². The van der Waals surface area contributed by atoms with Gasteiger partial charge in [0.2, 0.25) is 0 Å². The third-order valence-corrected chi connectivity index (χ3v) is 4.37. The van der Waals surface area contributed by atoms with Crippen LogP contribution in [-0.2, 0) is 0 Å². The minimum Gasteiger partial charge on any atom is -0.289 e. The molecule has 0 saturated heterocycles. The first-order valence-corrected chi connectivity index (χ1v) is 7.00. The second-order valence-electron chi connectivity index (χ2n) is 3.44. The van der Waals surface area contributed by atoms with Crippen molar-refractivity contribution in [3.63, 3.8) is 0 Å². The molecular formula is C13H7Cl3OS. The van der Waals surface area contributed by atoms with Crippen LogP contribution < -0.4 is 0 Å². The monoisotopic (exact) mass is 316 g/mol. The minimum absolute atomic E-state index is 0.185. The molecule has 2 rings (SSSR count). The number of carbonyl (C=O) groups is 1. The Balaban J connectivity index is 2.27. The van der Waals surface area contributed by atoms with E-state index in [-0.39, 0.29) is 15.8 Å². The van der Waals surface area contributed by atoms with E-state index in [9.17, 15) is 4.79 Å². The lowest BCUT2D eigenvalue weighted by Gasteiger charge is -2.03. The third kappa shape index (κ3) is 2.96. The number of hydrogen-bond acceptors (Lipinski definition) is 2. The standard InChI is InChI=1S/C13H7Cl3OS/c14-10-5-4-9(12(15)13(10)16)11(17)6-3-8-2-1-7-18-8/h1-7H/b6-3+. The average Bonchev–Trinajstić information content (AvgIpc) is 2.86. The molecule has 0 N–H and O–H groups in total. The normalized spacial score (nSPS) is 11.1. The molecule has 0 radical (unpaired) electrons. The quantitative estimate of drug-likeness (QED) is 0.409. The Labute approximate surface area is 124 Å². The summed E-state index contributed by atoms with van der Waals surface area (Å²) in [7, 11) is 0. The first kappa shape index (κ1) is 13.6. The Morgan fingerprint density at radius 3 is 2.56 bits per heavy atom. The van der Waals surface area contributed by atoms with Gasteiger partial charge < -0.3 is 0 Å². The zero-order valence-electron chi connectivity index (χ0n) is 8.99. The van der Waals surface area contributed by atoms with Gasteiger partial charge in [0.1, 0.15) is 0 Å². The van der Waals surface area contributed by atoms with Gasteiger partial charge in [0.05, 0.1) is 15.1 Å². The predicted octanol–water partition coefficient (Wildman–Crippen LogP) is 5.60. The highest BCUT2D eigenvalue weighted by molar-refractivity contribution is 7.10. The van der Waals surface area contributed by atoms with Crippen molar-refractivity contribution < 1.29 is 4.79 Å². The van der Waals surface area contributed by atoms with Crippen molar-refractivity contribution in [3.05, 3.63) is 61.2 Å². The van der Waals surface area contributed by atoms with Crippen molar-refractivity contribution in [3.8, 4) is 0 Å².